The van der Waals surface area contributed by atoms with Gasteiger partial charge in [-0.05, 0) is 6.92 Å². The number of hydrogen-bond donors (Lipinski definition) is 0. The molecule has 0 aliphatic rings. The van der Waals surface area contributed by atoms with E-state index in [9.17, 15) is 0 Å². The maximum Gasteiger partial charge on any atom is 0.0645 e. The Morgan fingerprint density at radius 2 is 2.25 bits per heavy atom. The number of nitriles is 1. The molecule has 0 unspecified atom stereocenters. The van der Waals surface area contributed by atoms with Crippen LogP contribution in [0.1, 0.15) is 13.3 Å². The van der Waals surface area contributed by atoms with Crippen molar-refractivity contribution in [1.82, 2.24) is 0 Å². The van der Waals surface area contributed by atoms with Gasteiger partial charge in [0.15, 0.2) is 0 Å². The fourth-order valence-electron chi connectivity index (χ4n) is 0.262. The molecule has 0 aromatic rings. The predicted octanol–water partition coefficient (Wildman–Crippen LogP) is 0.937. The summed E-state index contributed by atoms with van der Waals surface area (Å²) in [6, 6.07) is 1.98. The quantitative estimate of drug-likeness (QED) is 0.518. The van der Waals surface area contributed by atoms with E-state index in [4.69, 9.17) is 10.00 Å². The molecule has 0 heterocycles. The van der Waals surface area contributed by atoms with Crippen LogP contribution in [0.5, 0.6) is 0 Å². The van der Waals surface area contributed by atoms with Crippen LogP contribution in [0.3, 0.4) is 0 Å². The standard InChI is InChI=1S/C5H9NO.Ne/c1-2-7-5-3-4-6;/h2-3,5H2,1H3;. The molecule has 0 bridgehead atoms. The van der Waals surface area contributed by atoms with Gasteiger partial charge in [0.25, 0.3) is 0 Å². The van der Waals surface area contributed by atoms with Crippen molar-refractivity contribution in [1.29, 1.82) is 5.26 Å². The van der Waals surface area contributed by atoms with Gasteiger partial charge in [-0.1, -0.05) is 0 Å². The van der Waals surface area contributed by atoms with E-state index in [1.54, 1.807) is 0 Å². The first-order valence-electron chi connectivity index (χ1n) is 2.36. The first kappa shape index (κ1) is 10.4. The molecule has 0 fully saturated rings. The molecule has 0 aromatic heterocycles. The summed E-state index contributed by atoms with van der Waals surface area (Å²) in [7, 11) is 0. The van der Waals surface area contributed by atoms with Crippen molar-refractivity contribution >= 4 is 0 Å². The summed E-state index contributed by atoms with van der Waals surface area (Å²) in [4.78, 5) is 0. The molecule has 0 aliphatic heterocycles. The van der Waals surface area contributed by atoms with Gasteiger partial charge < -0.3 is 4.74 Å². The van der Waals surface area contributed by atoms with Crippen LogP contribution in [0.2, 0.25) is 0 Å². The second-order valence-electron chi connectivity index (χ2n) is 1.11. The Bertz CT molecular complexity index is 69.3. The Hall–Kier alpha value is -0.641. The zero-order chi connectivity index (χ0) is 5.54. The van der Waals surface area contributed by atoms with Crippen LogP contribution in [0.25, 0.3) is 0 Å². The summed E-state index contributed by atoms with van der Waals surface area (Å²) < 4.78 is 4.85. The third kappa shape index (κ3) is 9.02. The van der Waals surface area contributed by atoms with Crippen molar-refractivity contribution < 1.29 is 10.9 Å². The van der Waals surface area contributed by atoms with Crippen LogP contribution in [0.4, 0.5) is 0 Å². The van der Waals surface area contributed by atoms with Gasteiger partial charge in [0.2, 0.25) is 0 Å². The SMILES string of the molecule is CCOCCC#N.[Ne]. The van der Waals surface area contributed by atoms with Crippen LogP contribution >= 0.6 is 0 Å². The van der Waals surface area contributed by atoms with Crippen molar-refractivity contribution in [2.24, 2.45) is 0 Å². The number of nitrogens with zero attached hydrogens (tertiary/aromatic N) is 1. The Morgan fingerprint density at radius 1 is 1.62 bits per heavy atom. The van der Waals surface area contributed by atoms with Gasteiger partial charge >= 0.3 is 0 Å². The van der Waals surface area contributed by atoms with E-state index < -0.39 is 0 Å². The molecular weight excluding hydrogens is 110 g/mol. The molecule has 0 saturated heterocycles. The molecule has 0 aromatic carbocycles. The van der Waals surface area contributed by atoms with Crippen LogP contribution in [-0.4, -0.2) is 13.2 Å². The average Bonchev–Trinajstić information content (AvgIpc) is 1.69. The molecule has 0 rings (SSSR count). The van der Waals surface area contributed by atoms with Crippen molar-refractivity contribution in [2.75, 3.05) is 13.2 Å². The van der Waals surface area contributed by atoms with E-state index in [-0.39, 0.29) is 6.15 Å². The molecule has 0 radical (unpaired) electrons. The second-order valence-corrected chi connectivity index (χ2v) is 1.11. The molecule has 8 heavy (non-hydrogen) atoms. The van der Waals surface area contributed by atoms with Crippen LogP contribution < -0.4 is 0 Å². The first-order valence-corrected chi connectivity index (χ1v) is 2.36. The molecule has 48 valence electrons. The van der Waals surface area contributed by atoms with Gasteiger partial charge in [-0.2, -0.15) is 5.26 Å². The minimum Gasteiger partial charge on any atom is -0.381 e. The zero-order valence-electron chi connectivity index (χ0n) is 4.83. The summed E-state index contributed by atoms with van der Waals surface area (Å²) >= 11 is 0. The van der Waals surface area contributed by atoms with Gasteiger partial charge in [0.05, 0.1) is 19.1 Å². The van der Waals surface area contributed by atoms with E-state index in [1.807, 2.05) is 13.0 Å². The number of rotatable bonds is 3. The maximum absolute atomic E-state index is 7.96. The summed E-state index contributed by atoms with van der Waals surface area (Å²) in [6.07, 6.45) is 0.508. The smallest absolute Gasteiger partial charge is 0.0645 e. The van der Waals surface area contributed by atoms with Crippen molar-refractivity contribution in [2.45, 2.75) is 13.3 Å². The molecule has 2 nitrogen and oxygen atoms in total. The van der Waals surface area contributed by atoms with Gasteiger partial charge in [0.1, 0.15) is 0 Å². The molecule has 0 spiro atoms. The fourth-order valence-corrected chi connectivity index (χ4v) is 0.262. The van der Waals surface area contributed by atoms with Gasteiger partial charge in [-0.25, -0.2) is 0 Å². The van der Waals surface area contributed by atoms with Gasteiger partial charge in [0, 0.05) is 12.8 Å². The average molecular weight is 119 g/mol. The Kier molecular flexibility index (Phi) is 12.4. The largest absolute Gasteiger partial charge is 0.381 e. The Morgan fingerprint density at radius 3 is 2.62 bits per heavy atom. The molecule has 0 atom stereocenters. The summed E-state index contributed by atoms with van der Waals surface area (Å²) in [6.45, 7) is 3.20. The van der Waals surface area contributed by atoms with E-state index in [0.717, 1.165) is 0 Å². The molecule has 0 saturated carbocycles. The molecule has 0 amide bonds. The third-order valence-electron chi connectivity index (χ3n) is 0.562. The van der Waals surface area contributed by atoms with E-state index in [0.29, 0.717) is 19.6 Å². The number of ether oxygens (including phenoxy) is 1. The van der Waals surface area contributed by atoms with Crippen LogP contribution in [-0.2, 0) is 4.74 Å². The minimum atomic E-state index is 0. The predicted molar refractivity (Wildman–Crippen MR) is 26.7 cm³/mol. The molecular formula is C5H9NNeO. The topological polar surface area (TPSA) is 33.0 Å². The van der Waals surface area contributed by atoms with Gasteiger partial charge in [-0.3, -0.25) is 0 Å². The monoisotopic (exact) mass is 119 g/mol. The van der Waals surface area contributed by atoms with Crippen molar-refractivity contribution in [3.05, 3.63) is 0 Å². The van der Waals surface area contributed by atoms with Gasteiger partial charge in [-0.15, -0.1) is 0 Å². The van der Waals surface area contributed by atoms with Crippen LogP contribution in [0.15, 0.2) is 0 Å². The van der Waals surface area contributed by atoms with Crippen molar-refractivity contribution in [3.8, 4) is 6.07 Å². The van der Waals surface area contributed by atoms with Crippen LogP contribution in [0, 0.1) is 17.5 Å². The third-order valence-corrected chi connectivity index (χ3v) is 0.562. The minimum absolute atomic E-state index is 0. The fraction of sp³-hybridized carbons (Fsp3) is 0.800. The summed E-state index contributed by atoms with van der Waals surface area (Å²) in [5.41, 5.74) is 0. The second kappa shape index (κ2) is 9.61. The first-order chi connectivity index (χ1) is 3.41. The molecule has 3 heteroatoms. The van der Waals surface area contributed by atoms with Crippen molar-refractivity contribution in [3.63, 3.8) is 0 Å². The maximum atomic E-state index is 7.96. The summed E-state index contributed by atoms with van der Waals surface area (Å²) in [5.74, 6) is 0. The molecule has 0 aliphatic carbocycles. The normalized spacial score (nSPS) is 7.00. The summed E-state index contributed by atoms with van der Waals surface area (Å²) in [5, 5.41) is 7.96. The Labute approximate surface area is 49.8 Å². The Balaban J connectivity index is 0. The molecule has 0 N–H and O–H groups in total. The number of hydrogen-bond acceptors (Lipinski definition) is 2. The van der Waals surface area contributed by atoms with E-state index in [2.05, 4.69) is 0 Å². The zero-order valence-corrected chi connectivity index (χ0v) is 4.83. The van der Waals surface area contributed by atoms with E-state index in [1.165, 1.54) is 0 Å². The van der Waals surface area contributed by atoms with E-state index >= 15 is 0 Å².